The van der Waals surface area contributed by atoms with Gasteiger partial charge in [-0.1, -0.05) is 30.3 Å². The lowest BCUT2D eigenvalue weighted by atomic mass is 9.66. The Morgan fingerprint density at radius 2 is 1.76 bits per heavy atom. The lowest BCUT2D eigenvalue weighted by Crippen LogP contribution is -2.78. The monoisotopic (exact) mass is 332 g/mol. The molecule has 3 saturated heterocycles. The van der Waals surface area contributed by atoms with Gasteiger partial charge in [-0.2, -0.15) is 0 Å². The quantitative estimate of drug-likeness (QED) is 0.793. The molecule has 2 bridgehead atoms. The highest BCUT2D eigenvalue weighted by Crippen LogP contribution is 2.66. The average Bonchev–Trinajstić information content (AvgIpc) is 3.20. The number of carbonyl (C=O) groups excluding carboxylic acids is 1. The number of rotatable bonds is 1. The molecule has 25 heavy (non-hydrogen) atoms. The molecule has 2 aromatic rings. The summed E-state index contributed by atoms with van der Waals surface area (Å²) in [5, 5.41) is 0. The third-order valence-electron chi connectivity index (χ3n) is 6.75. The van der Waals surface area contributed by atoms with E-state index in [0.29, 0.717) is 0 Å². The van der Waals surface area contributed by atoms with Crippen LogP contribution < -0.4 is 14.5 Å². The molecule has 4 fully saturated rings. The van der Waals surface area contributed by atoms with Crippen LogP contribution >= 0.6 is 0 Å². The number of carbonyl (C=O) groups is 1. The number of hydrogen-bond acceptors (Lipinski definition) is 3. The zero-order valence-corrected chi connectivity index (χ0v) is 14.0. The van der Waals surface area contributed by atoms with Crippen LogP contribution in [0.3, 0.4) is 0 Å². The Labute approximate surface area is 147 Å². The molecule has 4 nitrogen and oxygen atoms in total. The first-order valence-electron chi connectivity index (χ1n) is 9.23. The Balaban J connectivity index is 1.60. The van der Waals surface area contributed by atoms with Crippen LogP contribution in [0, 0.1) is 5.41 Å². The molecule has 1 amide bonds. The average molecular weight is 332 g/mol. The van der Waals surface area contributed by atoms with Crippen molar-refractivity contribution in [3.05, 3.63) is 54.6 Å². The Hall–Kier alpha value is -2.49. The van der Waals surface area contributed by atoms with Crippen molar-refractivity contribution in [2.24, 2.45) is 5.41 Å². The second-order valence-electron chi connectivity index (χ2n) is 7.69. The zero-order chi connectivity index (χ0) is 16.6. The summed E-state index contributed by atoms with van der Waals surface area (Å²) in [6.45, 7) is 0. The molecule has 0 N–H and O–H groups in total. The molecule has 1 aliphatic carbocycles. The van der Waals surface area contributed by atoms with Gasteiger partial charge in [0.05, 0.1) is 5.69 Å². The van der Waals surface area contributed by atoms with Crippen LogP contribution in [0.15, 0.2) is 54.6 Å². The second-order valence-corrected chi connectivity index (χ2v) is 7.69. The molecule has 126 valence electrons. The van der Waals surface area contributed by atoms with Crippen LogP contribution in [0.25, 0.3) is 0 Å². The highest BCUT2D eigenvalue weighted by Gasteiger charge is 2.75. The Morgan fingerprint density at radius 1 is 0.960 bits per heavy atom. The molecule has 0 aromatic heterocycles. The summed E-state index contributed by atoms with van der Waals surface area (Å²) in [5.74, 6) is 1.19. The van der Waals surface area contributed by atoms with E-state index in [0.717, 1.165) is 49.2 Å². The van der Waals surface area contributed by atoms with E-state index in [2.05, 4.69) is 29.2 Å². The number of piperidine rings is 2. The molecule has 4 heteroatoms. The van der Waals surface area contributed by atoms with Crippen LogP contribution in [0.5, 0.6) is 5.75 Å². The minimum absolute atomic E-state index is 0.0403. The van der Waals surface area contributed by atoms with Gasteiger partial charge in [0.1, 0.15) is 17.3 Å². The van der Waals surface area contributed by atoms with Gasteiger partial charge in [0.2, 0.25) is 5.91 Å². The maximum atomic E-state index is 13.7. The zero-order valence-electron chi connectivity index (χ0n) is 14.0. The van der Waals surface area contributed by atoms with E-state index in [4.69, 9.17) is 4.74 Å². The fourth-order valence-corrected chi connectivity index (χ4v) is 5.83. The summed E-state index contributed by atoms with van der Waals surface area (Å²) in [7, 11) is 0. The third kappa shape index (κ3) is 1.40. The minimum Gasteiger partial charge on any atom is -0.465 e. The van der Waals surface area contributed by atoms with Gasteiger partial charge in [-0.25, -0.2) is 0 Å². The van der Waals surface area contributed by atoms with Crippen molar-refractivity contribution < 1.29 is 9.53 Å². The van der Waals surface area contributed by atoms with Gasteiger partial charge in [-0.3, -0.25) is 9.69 Å². The minimum atomic E-state index is -0.470. The van der Waals surface area contributed by atoms with E-state index < -0.39 is 11.1 Å². The number of benzene rings is 2. The van der Waals surface area contributed by atoms with Gasteiger partial charge < -0.3 is 9.64 Å². The molecular weight excluding hydrogens is 312 g/mol. The van der Waals surface area contributed by atoms with Gasteiger partial charge >= 0.3 is 0 Å². The standard InChI is InChI=1S/C21H20N2O2/c24-19-20-12-6-13-21(20)23(16-9-4-5-10-17(16)25-21)18(11-14-20)22(19)15-7-2-1-3-8-15/h1-5,7-10,18H,6,11-14H2/t18-,20+,21-/m0/s1. The fourth-order valence-electron chi connectivity index (χ4n) is 5.83. The lowest BCUT2D eigenvalue weighted by molar-refractivity contribution is -0.153. The first-order valence-corrected chi connectivity index (χ1v) is 9.23. The largest absolute Gasteiger partial charge is 0.465 e. The molecular formula is C21H20N2O2. The second kappa shape index (κ2) is 4.37. The molecule has 4 heterocycles. The molecule has 2 aromatic carbocycles. The smallest absolute Gasteiger partial charge is 0.240 e. The van der Waals surface area contributed by atoms with E-state index in [1.165, 1.54) is 0 Å². The Kier molecular flexibility index (Phi) is 2.40. The molecule has 2 spiro atoms. The lowest BCUT2D eigenvalue weighted by Gasteiger charge is -2.62. The summed E-state index contributed by atoms with van der Waals surface area (Å²) in [5.41, 5.74) is 1.26. The van der Waals surface area contributed by atoms with Crippen LogP contribution in [-0.4, -0.2) is 17.8 Å². The fraction of sp³-hybridized carbons (Fsp3) is 0.381. The molecule has 1 saturated carbocycles. The third-order valence-corrected chi connectivity index (χ3v) is 6.75. The van der Waals surface area contributed by atoms with Gasteiger partial charge in [0, 0.05) is 12.1 Å². The van der Waals surface area contributed by atoms with Crippen molar-refractivity contribution in [2.45, 2.75) is 44.0 Å². The normalized spacial score (nSPS) is 34.6. The number of nitrogens with zero attached hydrogens (tertiary/aromatic N) is 2. The summed E-state index contributed by atoms with van der Waals surface area (Å²) in [6, 6.07) is 18.4. The molecule has 5 aliphatic rings. The predicted molar refractivity (Wildman–Crippen MR) is 95.5 cm³/mol. The molecule has 0 radical (unpaired) electrons. The van der Waals surface area contributed by atoms with Crippen molar-refractivity contribution in [1.29, 1.82) is 0 Å². The number of fused-ring (bicyclic) bond motifs is 3. The first-order chi connectivity index (χ1) is 12.3. The van der Waals surface area contributed by atoms with Crippen LogP contribution in [0.2, 0.25) is 0 Å². The van der Waals surface area contributed by atoms with E-state index in [-0.39, 0.29) is 12.1 Å². The van der Waals surface area contributed by atoms with Crippen molar-refractivity contribution in [3.63, 3.8) is 0 Å². The Morgan fingerprint density at radius 3 is 2.64 bits per heavy atom. The van der Waals surface area contributed by atoms with Crippen LogP contribution in [0.4, 0.5) is 11.4 Å². The number of anilines is 2. The summed E-state index contributed by atoms with van der Waals surface area (Å²) in [6.07, 6.45) is 4.88. The van der Waals surface area contributed by atoms with Crippen molar-refractivity contribution in [3.8, 4) is 5.75 Å². The van der Waals surface area contributed by atoms with Gasteiger partial charge in [-0.05, 0) is 49.9 Å². The maximum absolute atomic E-state index is 13.7. The van der Waals surface area contributed by atoms with Gasteiger partial charge in [-0.15, -0.1) is 0 Å². The number of para-hydroxylation sites is 3. The van der Waals surface area contributed by atoms with E-state index >= 15 is 0 Å². The maximum Gasteiger partial charge on any atom is 0.240 e. The number of ether oxygens (including phenoxy) is 1. The van der Waals surface area contributed by atoms with Crippen LogP contribution in [-0.2, 0) is 4.79 Å². The number of hydrogen-bond donors (Lipinski definition) is 0. The Bertz CT molecular complexity index is 882. The van der Waals surface area contributed by atoms with Crippen molar-refractivity contribution in [2.75, 3.05) is 9.80 Å². The molecule has 4 aliphatic heterocycles. The van der Waals surface area contributed by atoms with Gasteiger partial charge in [0.25, 0.3) is 0 Å². The first kappa shape index (κ1) is 13.8. The van der Waals surface area contributed by atoms with Crippen LogP contribution in [0.1, 0.15) is 32.1 Å². The van der Waals surface area contributed by atoms with E-state index in [1.54, 1.807) is 0 Å². The van der Waals surface area contributed by atoms with E-state index in [1.807, 2.05) is 35.2 Å². The van der Waals surface area contributed by atoms with Gasteiger partial charge in [0.15, 0.2) is 5.72 Å². The molecule has 3 atom stereocenters. The highest BCUT2D eigenvalue weighted by atomic mass is 16.5. The predicted octanol–water partition coefficient (Wildman–Crippen LogP) is 3.92. The summed E-state index contributed by atoms with van der Waals surface area (Å²) >= 11 is 0. The topological polar surface area (TPSA) is 32.8 Å². The van der Waals surface area contributed by atoms with Crippen molar-refractivity contribution in [1.82, 2.24) is 0 Å². The van der Waals surface area contributed by atoms with E-state index in [9.17, 15) is 4.79 Å². The molecule has 7 rings (SSSR count). The highest BCUT2D eigenvalue weighted by molar-refractivity contribution is 6.03. The number of amides is 1. The summed E-state index contributed by atoms with van der Waals surface area (Å²) < 4.78 is 6.58. The van der Waals surface area contributed by atoms with Crippen molar-refractivity contribution >= 4 is 17.3 Å². The summed E-state index contributed by atoms with van der Waals surface area (Å²) in [4.78, 5) is 18.2. The SMILES string of the molecule is O=C1N(c2ccccc2)[C@@H]2CC[C@]13CCC[C@]31Oc3ccccc3N21. The molecule has 0 unspecified atom stereocenters.